The van der Waals surface area contributed by atoms with Crippen LogP contribution in [0.4, 0.5) is 0 Å². The van der Waals surface area contributed by atoms with Crippen molar-refractivity contribution in [3.63, 3.8) is 0 Å². The highest BCUT2D eigenvalue weighted by Crippen LogP contribution is 1.98. The zero-order chi connectivity index (χ0) is 7.82. The van der Waals surface area contributed by atoms with E-state index in [1.54, 1.807) is 11.8 Å². The second kappa shape index (κ2) is 6.93. The van der Waals surface area contributed by atoms with Crippen LogP contribution < -0.4 is 0 Å². The molecule has 0 aromatic carbocycles. The molecule has 0 aliphatic rings. The summed E-state index contributed by atoms with van der Waals surface area (Å²) in [6.45, 7) is 6.81. The molecule has 0 aromatic rings. The molecule has 0 rings (SSSR count). The normalized spacial score (nSPS) is 11.7. The minimum Gasteiger partial charge on any atom is -0.470 e. The molecular formula is C7H15NOS. The molecule has 0 saturated carbocycles. The van der Waals surface area contributed by atoms with Crippen molar-refractivity contribution >= 4 is 17.7 Å². The minimum absolute atomic E-state index is 0.728. The van der Waals surface area contributed by atoms with Crippen LogP contribution in [0.25, 0.3) is 0 Å². The van der Waals surface area contributed by atoms with Gasteiger partial charge in [0.05, 0.1) is 0 Å². The first-order valence-corrected chi connectivity index (χ1v) is 4.68. The molecule has 0 spiro atoms. The lowest BCUT2D eigenvalue weighted by molar-refractivity contribution is 0.376. The van der Waals surface area contributed by atoms with Gasteiger partial charge in [0, 0.05) is 13.5 Å². The predicted molar refractivity (Wildman–Crippen MR) is 47.7 cm³/mol. The molecule has 0 radical (unpaired) electrons. The number of aliphatic imine (C=N–C) groups is 1. The van der Waals surface area contributed by atoms with Gasteiger partial charge in [0.1, 0.15) is 5.94 Å². The van der Waals surface area contributed by atoms with Crippen molar-refractivity contribution in [2.24, 2.45) is 4.99 Å². The number of hydrogen-bond acceptors (Lipinski definition) is 3. The van der Waals surface area contributed by atoms with Gasteiger partial charge in [-0.2, -0.15) is 0 Å². The third-order valence-corrected chi connectivity index (χ3v) is 1.63. The molecule has 0 N–H and O–H groups in total. The zero-order valence-electron chi connectivity index (χ0n) is 6.89. The Bertz CT molecular complexity index is 104. The SMILES string of the molecule is CCN=C(C)OCSCC. The van der Waals surface area contributed by atoms with Crippen LogP contribution in [0.1, 0.15) is 20.8 Å². The second-order valence-corrected chi connectivity index (χ2v) is 2.97. The van der Waals surface area contributed by atoms with Crippen LogP contribution >= 0.6 is 11.8 Å². The quantitative estimate of drug-likeness (QED) is 0.273. The number of rotatable bonds is 4. The Hall–Kier alpha value is -0.180. The molecule has 0 saturated heterocycles. The zero-order valence-corrected chi connectivity index (χ0v) is 7.70. The van der Waals surface area contributed by atoms with Crippen LogP contribution in [0.3, 0.4) is 0 Å². The van der Waals surface area contributed by atoms with Crippen LogP contribution in [0.15, 0.2) is 4.99 Å². The van der Waals surface area contributed by atoms with Crippen molar-refractivity contribution < 1.29 is 4.74 Å². The van der Waals surface area contributed by atoms with E-state index < -0.39 is 0 Å². The lowest BCUT2D eigenvalue weighted by Crippen LogP contribution is -1.99. The Labute approximate surface area is 67.1 Å². The highest BCUT2D eigenvalue weighted by Gasteiger charge is 1.88. The lowest BCUT2D eigenvalue weighted by Gasteiger charge is -2.01. The molecule has 0 unspecified atom stereocenters. The van der Waals surface area contributed by atoms with Crippen LogP contribution in [-0.2, 0) is 4.74 Å². The van der Waals surface area contributed by atoms with Crippen molar-refractivity contribution in [2.75, 3.05) is 18.2 Å². The Kier molecular flexibility index (Phi) is 6.81. The molecule has 60 valence electrons. The molecule has 0 fully saturated rings. The summed E-state index contributed by atoms with van der Waals surface area (Å²) in [7, 11) is 0. The van der Waals surface area contributed by atoms with Gasteiger partial charge in [-0.25, -0.2) is 0 Å². The van der Waals surface area contributed by atoms with Gasteiger partial charge in [-0.1, -0.05) is 6.92 Å². The monoisotopic (exact) mass is 161 g/mol. The van der Waals surface area contributed by atoms with Crippen molar-refractivity contribution in [1.29, 1.82) is 0 Å². The van der Waals surface area contributed by atoms with Crippen molar-refractivity contribution in [3.8, 4) is 0 Å². The molecule has 0 aromatic heterocycles. The summed E-state index contributed by atoms with van der Waals surface area (Å²) < 4.78 is 5.24. The Morgan fingerprint density at radius 3 is 2.70 bits per heavy atom. The van der Waals surface area contributed by atoms with Crippen LogP contribution in [0.2, 0.25) is 0 Å². The minimum atomic E-state index is 0.728. The summed E-state index contributed by atoms with van der Waals surface area (Å²) in [5.41, 5.74) is 0. The van der Waals surface area contributed by atoms with E-state index in [4.69, 9.17) is 4.74 Å². The first-order valence-electron chi connectivity index (χ1n) is 3.52. The van der Waals surface area contributed by atoms with Crippen LogP contribution in [-0.4, -0.2) is 24.1 Å². The van der Waals surface area contributed by atoms with Crippen LogP contribution in [0, 0.1) is 0 Å². The van der Waals surface area contributed by atoms with Crippen molar-refractivity contribution in [1.82, 2.24) is 0 Å². The van der Waals surface area contributed by atoms with Gasteiger partial charge in [-0.3, -0.25) is 4.99 Å². The number of nitrogens with zero attached hydrogens (tertiary/aromatic N) is 1. The topological polar surface area (TPSA) is 21.6 Å². The largest absolute Gasteiger partial charge is 0.470 e. The van der Waals surface area contributed by atoms with E-state index in [2.05, 4.69) is 11.9 Å². The molecule has 10 heavy (non-hydrogen) atoms. The van der Waals surface area contributed by atoms with E-state index in [9.17, 15) is 0 Å². The molecule has 0 aliphatic heterocycles. The number of ether oxygens (including phenoxy) is 1. The summed E-state index contributed by atoms with van der Waals surface area (Å²) in [6.07, 6.45) is 0. The summed E-state index contributed by atoms with van der Waals surface area (Å²) in [4.78, 5) is 4.08. The van der Waals surface area contributed by atoms with E-state index in [0.29, 0.717) is 0 Å². The third-order valence-electron chi connectivity index (χ3n) is 0.936. The molecule has 0 heterocycles. The standard InChI is InChI=1S/C7H15NOS/c1-4-8-7(3)9-6-10-5-2/h4-6H2,1-3H3. The summed E-state index contributed by atoms with van der Waals surface area (Å²) in [6, 6.07) is 0. The van der Waals surface area contributed by atoms with E-state index in [1.165, 1.54) is 0 Å². The fourth-order valence-electron chi connectivity index (χ4n) is 0.479. The summed E-state index contributed by atoms with van der Waals surface area (Å²) in [5, 5.41) is 0. The third kappa shape index (κ3) is 5.95. The summed E-state index contributed by atoms with van der Waals surface area (Å²) in [5.74, 6) is 2.62. The summed E-state index contributed by atoms with van der Waals surface area (Å²) >= 11 is 1.76. The highest BCUT2D eigenvalue weighted by molar-refractivity contribution is 7.99. The fraction of sp³-hybridized carbons (Fsp3) is 0.857. The molecule has 0 atom stereocenters. The predicted octanol–water partition coefficient (Wildman–Crippen LogP) is 2.15. The van der Waals surface area contributed by atoms with Gasteiger partial charge in [0.2, 0.25) is 0 Å². The average Bonchev–Trinajstić information content (AvgIpc) is 1.89. The fourth-order valence-corrected chi connectivity index (χ4v) is 0.899. The van der Waals surface area contributed by atoms with Crippen molar-refractivity contribution in [3.05, 3.63) is 0 Å². The van der Waals surface area contributed by atoms with Gasteiger partial charge < -0.3 is 4.74 Å². The maximum atomic E-state index is 5.24. The molecule has 0 amide bonds. The Morgan fingerprint density at radius 1 is 1.50 bits per heavy atom. The lowest BCUT2D eigenvalue weighted by atomic mass is 10.7. The molecule has 2 nitrogen and oxygen atoms in total. The average molecular weight is 161 g/mol. The van der Waals surface area contributed by atoms with Crippen LogP contribution in [0.5, 0.6) is 0 Å². The number of thioether (sulfide) groups is 1. The highest BCUT2D eigenvalue weighted by atomic mass is 32.2. The second-order valence-electron chi connectivity index (χ2n) is 1.75. The smallest absolute Gasteiger partial charge is 0.181 e. The van der Waals surface area contributed by atoms with E-state index >= 15 is 0 Å². The number of hydrogen-bond donors (Lipinski definition) is 0. The molecule has 0 bridgehead atoms. The van der Waals surface area contributed by atoms with E-state index in [-0.39, 0.29) is 0 Å². The molecular weight excluding hydrogens is 146 g/mol. The first kappa shape index (κ1) is 9.82. The first-order chi connectivity index (χ1) is 4.81. The van der Waals surface area contributed by atoms with E-state index in [0.717, 1.165) is 24.1 Å². The molecule has 3 heteroatoms. The maximum Gasteiger partial charge on any atom is 0.181 e. The Balaban J connectivity index is 3.21. The van der Waals surface area contributed by atoms with Gasteiger partial charge in [-0.05, 0) is 12.7 Å². The van der Waals surface area contributed by atoms with Gasteiger partial charge in [0.25, 0.3) is 0 Å². The van der Waals surface area contributed by atoms with E-state index in [1.807, 2.05) is 13.8 Å². The Morgan fingerprint density at radius 2 is 2.20 bits per heavy atom. The van der Waals surface area contributed by atoms with Crippen molar-refractivity contribution in [2.45, 2.75) is 20.8 Å². The maximum absolute atomic E-state index is 5.24. The molecule has 0 aliphatic carbocycles. The van der Waals surface area contributed by atoms with Gasteiger partial charge >= 0.3 is 0 Å². The van der Waals surface area contributed by atoms with Gasteiger partial charge in [-0.15, -0.1) is 11.8 Å². The van der Waals surface area contributed by atoms with Gasteiger partial charge in [0.15, 0.2) is 5.90 Å².